The molecule has 46 heavy (non-hydrogen) atoms. The van der Waals surface area contributed by atoms with Gasteiger partial charge in [-0.25, -0.2) is 9.59 Å². The van der Waals surface area contributed by atoms with E-state index < -0.39 is 24.3 Å². The molecule has 3 aromatic carbocycles. The minimum atomic E-state index is -1.15. The molecule has 0 radical (unpaired) electrons. The normalized spacial score (nSPS) is 15.0. The van der Waals surface area contributed by atoms with Gasteiger partial charge in [-0.15, -0.1) is 0 Å². The number of amides is 2. The predicted octanol–water partition coefficient (Wildman–Crippen LogP) is 4.87. The fraction of sp³-hybridized carbons (Fsp3) is 0.250. The molecule has 4 N–H and O–H groups in total. The molecule has 0 saturated carbocycles. The number of carbonyl (C=O) groups is 2. The van der Waals surface area contributed by atoms with E-state index in [0.29, 0.717) is 40.7 Å². The molecule has 2 atom stereocenters. The van der Waals surface area contributed by atoms with E-state index >= 15 is 0 Å². The highest BCUT2D eigenvalue weighted by Gasteiger charge is 2.32. The van der Waals surface area contributed by atoms with Gasteiger partial charge >= 0.3 is 12.0 Å². The third-order valence-corrected chi connectivity index (χ3v) is 8.24. The topological polar surface area (TPSA) is 164 Å². The van der Waals surface area contributed by atoms with Gasteiger partial charge in [0.25, 0.3) is 0 Å². The van der Waals surface area contributed by atoms with Crippen LogP contribution >= 0.6 is 45.2 Å². The van der Waals surface area contributed by atoms with Gasteiger partial charge in [0.2, 0.25) is 0 Å². The summed E-state index contributed by atoms with van der Waals surface area (Å²) in [7, 11) is 1.27. The summed E-state index contributed by atoms with van der Waals surface area (Å²) in [6.07, 6.45) is 0.427. The summed E-state index contributed by atoms with van der Waals surface area (Å²) in [6.45, 7) is 3.88. The molecule has 240 valence electrons. The highest BCUT2D eigenvalue weighted by Crippen LogP contribution is 2.35. The number of nitrogens with zero attached hydrogens (tertiary/aromatic N) is 2. The Bertz CT molecular complexity index is 1680. The number of aliphatic hydroxyl groups excluding tert-OH is 1. The summed E-state index contributed by atoms with van der Waals surface area (Å²) in [4.78, 5) is 24.6. The number of rotatable bonds is 13. The Hall–Kier alpha value is -4.08. The van der Waals surface area contributed by atoms with Crippen LogP contribution in [0, 0.1) is 18.5 Å². The van der Waals surface area contributed by atoms with Crippen LogP contribution in [0.1, 0.15) is 42.1 Å². The lowest BCUT2D eigenvalue weighted by molar-refractivity contribution is -0.136. The Morgan fingerprint density at radius 3 is 2.57 bits per heavy atom. The van der Waals surface area contributed by atoms with E-state index in [2.05, 4.69) is 72.4 Å². The van der Waals surface area contributed by atoms with Gasteiger partial charge in [0.1, 0.15) is 19.0 Å². The van der Waals surface area contributed by atoms with Crippen LogP contribution in [0.4, 0.5) is 4.79 Å². The lowest BCUT2D eigenvalue weighted by atomic mass is 9.95. The zero-order chi connectivity index (χ0) is 33.2. The Kier molecular flexibility index (Phi) is 12.5. The lowest BCUT2D eigenvalue weighted by Gasteiger charge is -2.28. The molecular weight excluding hydrogens is 820 g/mol. The molecule has 1 aliphatic heterocycles. The van der Waals surface area contributed by atoms with Crippen molar-refractivity contribution in [3.05, 3.63) is 95.3 Å². The minimum Gasteiger partial charge on any atom is -0.490 e. The first kappa shape index (κ1) is 34.8. The summed E-state index contributed by atoms with van der Waals surface area (Å²) >= 11 is 4.37. The van der Waals surface area contributed by atoms with Gasteiger partial charge in [-0.3, -0.25) is 5.43 Å². The molecule has 0 saturated heterocycles. The fourth-order valence-corrected chi connectivity index (χ4v) is 6.64. The molecule has 0 bridgehead atoms. The number of hydrazone groups is 1. The van der Waals surface area contributed by atoms with Crippen LogP contribution in [0.2, 0.25) is 0 Å². The van der Waals surface area contributed by atoms with Gasteiger partial charge in [0, 0.05) is 11.3 Å². The van der Waals surface area contributed by atoms with Crippen LogP contribution < -0.4 is 30.3 Å². The number of ether oxygens (including phenoxy) is 4. The highest BCUT2D eigenvalue weighted by molar-refractivity contribution is 14.1. The molecule has 14 heteroatoms. The van der Waals surface area contributed by atoms with Crippen LogP contribution in [0.25, 0.3) is 0 Å². The number of halogens is 2. The SMILES string of the molecule is CCOc1cc([C@H]2NC(=O)NC(C)=C2C(=O)OC)ccc1OC[C@@H](O)N/N=C\c1cc(I)c(OCc2ccccc2C#N)c(I)c1. The van der Waals surface area contributed by atoms with Crippen molar-refractivity contribution >= 4 is 63.4 Å². The molecule has 0 aromatic heterocycles. The standard InChI is InChI=1S/C32H31I2N5O7/c1-4-44-26-13-20(29-28(31(41)43-3)18(2)37-32(42)38-29)9-10-25(26)45-17-27(40)39-36-15-19-11-23(33)30(24(34)12-19)46-16-22-8-6-5-7-21(22)14-35/h5-13,15,27,29,39-40H,4,16-17H2,1-3H3,(H2,37,38,42)/b36-15-/t27-,29-/m1/s1. The number of nitriles is 1. The van der Waals surface area contributed by atoms with Gasteiger partial charge in [0.05, 0.1) is 50.3 Å². The third kappa shape index (κ3) is 8.79. The molecule has 12 nitrogen and oxygen atoms in total. The molecule has 2 amide bonds. The van der Waals surface area contributed by atoms with E-state index in [-0.39, 0.29) is 18.8 Å². The second kappa shape index (κ2) is 16.5. The number of esters is 1. The zero-order valence-corrected chi connectivity index (χ0v) is 29.4. The van der Waals surface area contributed by atoms with E-state index in [1.165, 1.54) is 7.11 Å². The van der Waals surface area contributed by atoms with Crippen molar-refractivity contribution in [2.75, 3.05) is 20.3 Å². The van der Waals surface area contributed by atoms with Gasteiger partial charge in [-0.1, -0.05) is 24.3 Å². The van der Waals surface area contributed by atoms with Crippen molar-refractivity contribution in [3.8, 4) is 23.3 Å². The minimum absolute atomic E-state index is 0.153. The Morgan fingerprint density at radius 2 is 1.87 bits per heavy atom. The Labute approximate surface area is 293 Å². The average molecular weight is 851 g/mol. The van der Waals surface area contributed by atoms with E-state index in [1.54, 1.807) is 37.4 Å². The first-order valence-corrected chi connectivity index (χ1v) is 16.1. The first-order chi connectivity index (χ1) is 22.1. The van der Waals surface area contributed by atoms with E-state index in [9.17, 15) is 20.0 Å². The van der Waals surface area contributed by atoms with E-state index in [0.717, 1.165) is 18.3 Å². The summed E-state index contributed by atoms with van der Waals surface area (Å²) in [5.41, 5.74) is 6.05. The van der Waals surface area contributed by atoms with Crippen molar-refractivity contribution in [3.63, 3.8) is 0 Å². The Balaban J connectivity index is 1.37. The number of hydrogen-bond donors (Lipinski definition) is 4. The van der Waals surface area contributed by atoms with Gasteiger partial charge in [-0.05, 0) is 100 Å². The molecule has 3 aromatic rings. The van der Waals surface area contributed by atoms with Gasteiger partial charge in [0.15, 0.2) is 17.7 Å². The second-order valence-electron chi connectivity index (χ2n) is 9.79. The predicted molar refractivity (Wildman–Crippen MR) is 186 cm³/mol. The summed E-state index contributed by atoms with van der Waals surface area (Å²) < 4.78 is 24.3. The quantitative estimate of drug-likeness (QED) is 0.0619. The smallest absolute Gasteiger partial charge is 0.337 e. The van der Waals surface area contributed by atoms with Crippen LogP contribution in [0.15, 0.2) is 71.0 Å². The number of hydrogen-bond acceptors (Lipinski definition) is 10. The molecule has 0 spiro atoms. The number of methoxy groups -OCH3 is 1. The lowest BCUT2D eigenvalue weighted by Crippen LogP contribution is -2.45. The highest BCUT2D eigenvalue weighted by atomic mass is 127. The van der Waals surface area contributed by atoms with Crippen molar-refractivity contribution in [1.29, 1.82) is 5.26 Å². The maximum absolute atomic E-state index is 12.5. The maximum Gasteiger partial charge on any atom is 0.337 e. The number of carbonyl (C=O) groups excluding carboxylic acids is 2. The van der Waals surface area contributed by atoms with Crippen LogP contribution in [-0.2, 0) is 16.1 Å². The van der Waals surface area contributed by atoms with Crippen molar-refractivity contribution < 1.29 is 33.6 Å². The maximum atomic E-state index is 12.5. The van der Waals surface area contributed by atoms with Crippen molar-refractivity contribution in [2.24, 2.45) is 5.10 Å². The van der Waals surface area contributed by atoms with Gasteiger partial charge in [-0.2, -0.15) is 10.4 Å². The van der Waals surface area contributed by atoms with Crippen LogP contribution in [0.3, 0.4) is 0 Å². The monoisotopic (exact) mass is 851 g/mol. The van der Waals surface area contributed by atoms with E-state index in [1.807, 2.05) is 37.3 Å². The fourth-order valence-electron chi connectivity index (χ4n) is 4.52. The Morgan fingerprint density at radius 1 is 1.13 bits per heavy atom. The molecule has 1 heterocycles. The number of allylic oxidation sites excluding steroid dienone is 1. The first-order valence-electron chi connectivity index (χ1n) is 14.0. The zero-order valence-electron chi connectivity index (χ0n) is 25.1. The largest absolute Gasteiger partial charge is 0.490 e. The van der Waals surface area contributed by atoms with Crippen LogP contribution in [0.5, 0.6) is 17.2 Å². The summed E-state index contributed by atoms with van der Waals surface area (Å²) in [5.74, 6) is 0.856. The number of nitrogens with one attached hydrogen (secondary N) is 3. The number of benzene rings is 3. The molecule has 0 unspecified atom stereocenters. The number of aliphatic hydroxyl groups is 1. The van der Waals surface area contributed by atoms with Gasteiger partial charge < -0.3 is 34.7 Å². The average Bonchev–Trinajstić information content (AvgIpc) is 3.03. The van der Waals surface area contributed by atoms with Crippen LogP contribution in [-0.4, -0.2) is 49.9 Å². The molecule has 1 aliphatic rings. The molecule has 4 rings (SSSR count). The molecule has 0 fully saturated rings. The summed E-state index contributed by atoms with van der Waals surface area (Å²) in [6, 6.07) is 17.1. The molecule has 0 aliphatic carbocycles. The van der Waals surface area contributed by atoms with Crippen molar-refractivity contribution in [1.82, 2.24) is 16.1 Å². The molecular formula is C32H31I2N5O7. The van der Waals surface area contributed by atoms with Crippen molar-refractivity contribution in [2.45, 2.75) is 32.7 Å². The second-order valence-corrected chi connectivity index (χ2v) is 12.1. The number of urea groups is 1. The third-order valence-electron chi connectivity index (χ3n) is 6.64. The summed E-state index contributed by atoms with van der Waals surface area (Å²) in [5, 5.41) is 29.3. The van der Waals surface area contributed by atoms with E-state index in [4.69, 9.17) is 18.9 Å².